The third-order valence-corrected chi connectivity index (χ3v) is 2.31. The third kappa shape index (κ3) is 3.90. The molecule has 0 saturated carbocycles. The van der Waals surface area contributed by atoms with Crippen molar-refractivity contribution in [2.45, 2.75) is 19.8 Å². The third-order valence-electron chi connectivity index (χ3n) is 2.31. The molecule has 0 spiro atoms. The van der Waals surface area contributed by atoms with Crippen molar-refractivity contribution in [3.8, 4) is 0 Å². The molecule has 1 amide bonds. The zero-order valence-electron chi connectivity index (χ0n) is 9.75. The fraction of sp³-hybridized carbons (Fsp3) is 0.417. The van der Waals surface area contributed by atoms with Gasteiger partial charge in [-0.25, -0.2) is 0 Å². The molecule has 0 heterocycles. The molecule has 0 aliphatic rings. The molecule has 0 radical (unpaired) electrons. The molecule has 0 unspecified atom stereocenters. The highest BCUT2D eigenvalue weighted by atomic mass is 16.5. The van der Waals surface area contributed by atoms with Crippen molar-refractivity contribution in [2.24, 2.45) is 0 Å². The highest BCUT2D eigenvalue weighted by molar-refractivity contribution is 5.91. The zero-order valence-corrected chi connectivity index (χ0v) is 9.75. The number of ether oxygens (including phenoxy) is 1. The van der Waals surface area contributed by atoms with Crippen LogP contribution in [0.2, 0.25) is 0 Å². The molecule has 1 aromatic carbocycles. The number of anilines is 2. The van der Waals surface area contributed by atoms with Crippen LogP contribution >= 0.6 is 0 Å². The zero-order chi connectivity index (χ0) is 12.0. The van der Waals surface area contributed by atoms with E-state index < -0.39 is 0 Å². The van der Waals surface area contributed by atoms with E-state index in [2.05, 4.69) is 5.32 Å². The molecular weight excluding hydrogens is 204 g/mol. The minimum atomic E-state index is 0.00113. The first-order valence-electron chi connectivity index (χ1n) is 5.28. The lowest BCUT2D eigenvalue weighted by molar-refractivity contribution is -0.116. The van der Waals surface area contributed by atoms with Crippen LogP contribution in [-0.4, -0.2) is 19.6 Å². The molecule has 3 N–H and O–H groups in total. The predicted molar refractivity (Wildman–Crippen MR) is 65.3 cm³/mol. The molecule has 1 aromatic rings. The van der Waals surface area contributed by atoms with E-state index in [-0.39, 0.29) is 5.91 Å². The maximum atomic E-state index is 11.5. The molecule has 1 rings (SSSR count). The molecular formula is C12H18N2O2. The first-order chi connectivity index (χ1) is 7.63. The summed E-state index contributed by atoms with van der Waals surface area (Å²) in [6.45, 7) is 2.52. The van der Waals surface area contributed by atoms with Crippen molar-refractivity contribution < 1.29 is 9.53 Å². The van der Waals surface area contributed by atoms with Gasteiger partial charge >= 0.3 is 0 Å². The Balaban J connectivity index is 2.46. The van der Waals surface area contributed by atoms with Gasteiger partial charge in [-0.15, -0.1) is 0 Å². The molecule has 4 nitrogen and oxygen atoms in total. The normalized spacial score (nSPS) is 10.1. The fourth-order valence-corrected chi connectivity index (χ4v) is 1.35. The molecule has 4 heteroatoms. The molecule has 16 heavy (non-hydrogen) atoms. The first-order valence-corrected chi connectivity index (χ1v) is 5.28. The van der Waals surface area contributed by atoms with Gasteiger partial charge in [0, 0.05) is 31.5 Å². The molecule has 0 saturated heterocycles. The van der Waals surface area contributed by atoms with Gasteiger partial charge in [-0.1, -0.05) is 0 Å². The Morgan fingerprint density at radius 2 is 2.25 bits per heavy atom. The maximum absolute atomic E-state index is 11.5. The number of benzene rings is 1. The van der Waals surface area contributed by atoms with Crippen LogP contribution in [0.15, 0.2) is 18.2 Å². The van der Waals surface area contributed by atoms with Gasteiger partial charge in [0.1, 0.15) is 0 Å². The highest BCUT2D eigenvalue weighted by Gasteiger charge is 2.03. The van der Waals surface area contributed by atoms with Crippen molar-refractivity contribution >= 4 is 17.3 Å². The smallest absolute Gasteiger partial charge is 0.224 e. The second-order valence-electron chi connectivity index (χ2n) is 3.72. The van der Waals surface area contributed by atoms with E-state index in [1.54, 1.807) is 19.2 Å². The summed E-state index contributed by atoms with van der Waals surface area (Å²) in [6.07, 6.45) is 1.20. The summed E-state index contributed by atoms with van der Waals surface area (Å²) in [5, 5.41) is 2.82. The Morgan fingerprint density at radius 3 is 2.88 bits per heavy atom. The van der Waals surface area contributed by atoms with E-state index in [1.807, 2.05) is 13.0 Å². The van der Waals surface area contributed by atoms with E-state index >= 15 is 0 Å². The van der Waals surface area contributed by atoms with Crippen molar-refractivity contribution in [1.29, 1.82) is 0 Å². The lowest BCUT2D eigenvalue weighted by Gasteiger charge is -2.07. The van der Waals surface area contributed by atoms with Crippen molar-refractivity contribution in [3.63, 3.8) is 0 Å². The van der Waals surface area contributed by atoms with Gasteiger partial charge in [0.2, 0.25) is 5.91 Å². The quantitative estimate of drug-likeness (QED) is 0.591. The largest absolute Gasteiger partial charge is 0.399 e. The van der Waals surface area contributed by atoms with Crippen LogP contribution in [0.4, 0.5) is 11.4 Å². The standard InChI is InChI=1S/C12H18N2O2/c1-9-8-10(5-6-11(9)13)14-12(15)4-3-7-16-2/h5-6,8H,3-4,7,13H2,1-2H3,(H,14,15). The van der Waals surface area contributed by atoms with E-state index in [0.29, 0.717) is 13.0 Å². The van der Waals surface area contributed by atoms with Crippen LogP contribution < -0.4 is 11.1 Å². The van der Waals surface area contributed by atoms with Crippen LogP contribution in [-0.2, 0) is 9.53 Å². The minimum absolute atomic E-state index is 0.00113. The fourth-order valence-electron chi connectivity index (χ4n) is 1.35. The summed E-state index contributed by atoms with van der Waals surface area (Å²) in [6, 6.07) is 5.46. The monoisotopic (exact) mass is 222 g/mol. The molecule has 0 bridgehead atoms. The number of rotatable bonds is 5. The molecule has 0 aliphatic heterocycles. The summed E-state index contributed by atoms with van der Waals surface area (Å²) < 4.78 is 4.88. The molecule has 0 aromatic heterocycles. The topological polar surface area (TPSA) is 64.3 Å². The van der Waals surface area contributed by atoms with Gasteiger partial charge in [0.25, 0.3) is 0 Å². The molecule has 0 aliphatic carbocycles. The van der Waals surface area contributed by atoms with E-state index in [9.17, 15) is 4.79 Å². The Kier molecular flexibility index (Phi) is 4.79. The van der Waals surface area contributed by atoms with Gasteiger partial charge in [0.05, 0.1) is 0 Å². The van der Waals surface area contributed by atoms with Crippen LogP contribution in [0.5, 0.6) is 0 Å². The Bertz CT molecular complexity index is 364. The van der Waals surface area contributed by atoms with Crippen LogP contribution in [0.1, 0.15) is 18.4 Å². The molecule has 0 atom stereocenters. The van der Waals surface area contributed by atoms with Gasteiger partial charge in [-0.05, 0) is 37.1 Å². The second-order valence-corrected chi connectivity index (χ2v) is 3.72. The van der Waals surface area contributed by atoms with Crippen molar-refractivity contribution in [1.82, 2.24) is 0 Å². The lowest BCUT2D eigenvalue weighted by atomic mass is 10.2. The average Bonchev–Trinajstić information content (AvgIpc) is 2.24. The second kappa shape index (κ2) is 6.12. The summed E-state index contributed by atoms with van der Waals surface area (Å²) in [4.78, 5) is 11.5. The number of amides is 1. The molecule has 0 fully saturated rings. The SMILES string of the molecule is COCCCC(=O)Nc1ccc(N)c(C)c1. The number of hydrogen-bond acceptors (Lipinski definition) is 3. The maximum Gasteiger partial charge on any atom is 0.224 e. The summed E-state index contributed by atoms with van der Waals surface area (Å²) in [7, 11) is 1.63. The van der Waals surface area contributed by atoms with Crippen molar-refractivity contribution in [2.75, 3.05) is 24.8 Å². The number of carbonyl (C=O) groups excluding carboxylic acids is 1. The predicted octanol–water partition coefficient (Wildman–Crippen LogP) is 1.94. The van der Waals surface area contributed by atoms with E-state index in [0.717, 1.165) is 23.4 Å². The Morgan fingerprint density at radius 1 is 1.50 bits per heavy atom. The Hall–Kier alpha value is -1.55. The number of methoxy groups -OCH3 is 1. The van der Waals surface area contributed by atoms with Gasteiger partial charge in [-0.3, -0.25) is 4.79 Å². The number of nitrogens with two attached hydrogens (primary N) is 1. The number of hydrogen-bond donors (Lipinski definition) is 2. The van der Waals surface area contributed by atoms with E-state index in [4.69, 9.17) is 10.5 Å². The van der Waals surface area contributed by atoms with Gasteiger partial charge in [-0.2, -0.15) is 0 Å². The van der Waals surface area contributed by atoms with Crippen molar-refractivity contribution in [3.05, 3.63) is 23.8 Å². The Labute approximate surface area is 95.8 Å². The van der Waals surface area contributed by atoms with Crippen LogP contribution in [0.25, 0.3) is 0 Å². The summed E-state index contributed by atoms with van der Waals surface area (Å²) in [5.41, 5.74) is 8.18. The minimum Gasteiger partial charge on any atom is -0.399 e. The number of nitrogen functional groups attached to an aromatic ring is 1. The average molecular weight is 222 g/mol. The summed E-state index contributed by atoms with van der Waals surface area (Å²) >= 11 is 0. The first kappa shape index (κ1) is 12.5. The summed E-state index contributed by atoms with van der Waals surface area (Å²) in [5.74, 6) is 0.00113. The van der Waals surface area contributed by atoms with Gasteiger partial charge in [0.15, 0.2) is 0 Å². The number of aryl methyl sites for hydroxylation is 1. The van der Waals surface area contributed by atoms with Gasteiger partial charge < -0.3 is 15.8 Å². The molecule has 88 valence electrons. The highest BCUT2D eigenvalue weighted by Crippen LogP contribution is 2.16. The van der Waals surface area contributed by atoms with Crippen LogP contribution in [0, 0.1) is 6.92 Å². The lowest BCUT2D eigenvalue weighted by Crippen LogP contribution is -2.12. The van der Waals surface area contributed by atoms with E-state index in [1.165, 1.54) is 0 Å². The van der Waals surface area contributed by atoms with Crippen LogP contribution in [0.3, 0.4) is 0 Å². The number of carbonyl (C=O) groups is 1. The number of nitrogens with one attached hydrogen (secondary N) is 1.